The van der Waals surface area contributed by atoms with Crippen LogP contribution in [0.3, 0.4) is 0 Å². The Morgan fingerprint density at radius 2 is 2.08 bits per heavy atom. The first-order chi connectivity index (χ1) is 5.51. The van der Waals surface area contributed by atoms with Crippen molar-refractivity contribution in [3.05, 3.63) is 0 Å². The van der Waals surface area contributed by atoms with Crippen LogP contribution in [0, 0.1) is 0 Å². The van der Waals surface area contributed by atoms with Gasteiger partial charge >= 0.3 is 0 Å². The van der Waals surface area contributed by atoms with Gasteiger partial charge in [0, 0.05) is 0 Å². The molecule has 1 fully saturated rings. The summed E-state index contributed by atoms with van der Waals surface area (Å²) in [5.41, 5.74) is 0. The third kappa shape index (κ3) is 1.44. The largest absolute Gasteiger partial charge is 0.391 e. The van der Waals surface area contributed by atoms with Gasteiger partial charge in [0.2, 0.25) is 5.79 Å². The third-order valence-corrected chi connectivity index (χ3v) is 1.88. The van der Waals surface area contributed by atoms with E-state index in [9.17, 15) is 9.50 Å². The third-order valence-electron chi connectivity index (χ3n) is 1.88. The van der Waals surface area contributed by atoms with Gasteiger partial charge in [-0.2, -0.15) is 0 Å². The molecule has 0 saturated carbocycles. The van der Waals surface area contributed by atoms with Crippen LogP contribution in [0.5, 0.6) is 0 Å². The first-order valence-corrected chi connectivity index (χ1v) is 3.48. The van der Waals surface area contributed by atoms with Crippen molar-refractivity contribution in [2.24, 2.45) is 0 Å². The Morgan fingerprint density at radius 3 is 2.58 bits per heavy atom. The lowest BCUT2D eigenvalue weighted by Crippen LogP contribution is -2.61. The molecule has 72 valence electrons. The summed E-state index contributed by atoms with van der Waals surface area (Å²) in [5.74, 6) is -2.25. The van der Waals surface area contributed by atoms with Gasteiger partial charge in [-0.15, -0.1) is 0 Å². The summed E-state index contributed by atoms with van der Waals surface area (Å²) in [6.07, 6.45) is -5.30. The van der Waals surface area contributed by atoms with E-state index in [4.69, 9.17) is 15.3 Å². The molecule has 1 rings (SSSR count). The lowest BCUT2D eigenvalue weighted by Gasteiger charge is -2.39. The van der Waals surface area contributed by atoms with Gasteiger partial charge in [-0.05, 0) is 0 Å². The van der Waals surface area contributed by atoms with Crippen LogP contribution >= 0.6 is 0 Å². The standard InChI is InChI=1S/C6H11FO5/c7-3-1-12-6(11,2-8)5(10)4(3)9/h3-5,8-11H,1-2H2/t3-,4+,5-,6?/m0/s1. The first kappa shape index (κ1) is 9.82. The van der Waals surface area contributed by atoms with Crippen molar-refractivity contribution in [3.8, 4) is 0 Å². The van der Waals surface area contributed by atoms with Gasteiger partial charge in [0.15, 0.2) is 6.17 Å². The first-order valence-electron chi connectivity index (χ1n) is 3.48. The van der Waals surface area contributed by atoms with E-state index in [-0.39, 0.29) is 0 Å². The monoisotopic (exact) mass is 182 g/mol. The predicted molar refractivity (Wildman–Crippen MR) is 34.9 cm³/mol. The average molecular weight is 182 g/mol. The molecule has 1 heterocycles. The smallest absolute Gasteiger partial charge is 0.218 e. The Balaban J connectivity index is 2.71. The van der Waals surface area contributed by atoms with Crippen molar-refractivity contribution < 1.29 is 29.6 Å². The van der Waals surface area contributed by atoms with Crippen LogP contribution in [0.25, 0.3) is 0 Å². The van der Waals surface area contributed by atoms with E-state index in [2.05, 4.69) is 4.74 Å². The van der Waals surface area contributed by atoms with Crippen molar-refractivity contribution in [1.29, 1.82) is 0 Å². The molecule has 4 N–H and O–H groups in total. The fourth-order valence-electron chi connectivity index (χ4n) is 1.01. The van der Waals surface area contributed by atoms with Crippen molar-refractivity contribution >= 4 is 0 Å². The molecule has 1 aliphatic rings. The Morgan fingerprint density at radius 1 is 1.50 bits per heavy atom. The molecule has 0 aliphatic carbocycles. The van der Waals surface area contributed by atoms with E-state index >= 15 is 0 Å². The van der Waals surface area contributed by atoms with Gasteiger partial charge in [-0.3, -0.25) is 0 Å². The second-order valence-electron chi connectivity index (χ2n) is 2.77. The molecular formula is C6H11FO5. The summed E-state index contributed by atoms with van der Waals surface area (Å²) in [4.78, 5) is 0. The number of ether oxygens (including phenoxy) is 1. The molecule has 0 bridgehead atoms. The Labute approximate surface area is 68.0 Å². The number of rotatable bonds is 1. The minimum Gasteiger partial charge on any atom is -0.391 e. The van der Waals surface area contributed by atoms with Crippen LogP contribution in [0.2, 0.25) is 0 Å². The molecule has 1 aliphatic heterocycles. The molecule has 0 radical (unpaired) electrons. The normalized spacial score (nSPS) is 49.2. The SMILES string of the molecule is OCC1(O)OC[C@H](F)[C@@H](O)[C@@H]1O. The maximum Gasteiger partial charge on any atom is 0.218 e. The lowest BCUT2D eigenvalue weighted by atomic mass is 9.98. The van der Waals surface area contributed by atoms with Crippen molar-refractivity contribution in [1.82, 2.24) is 0 Å². The predicted octanol–water partition coefficient (Wildman–Crippen LogP) is -2.24. The highest BCUT2D eigenvalue weighted by molar-refractivity contribution is 4.91. The van der Waals surface area contributed by atoms with Crippen LogP contribution in [-0.4, -0.2) is 57.8 Å². The van der Waals surface area contributed by atoms with Gasteiger partial charge in [0.25, 0.3) is 0 Å². The highest BCUT2D eigenvalue weighted by Crippen LogP contribution is 2.24. The van der Waals surface area contributed by atoms with Crippen LogP contribution in [0.15, 0.2) is 0 Å². The highest BCUT2D eigenvalue weighted by Gasteiger charge is 2.48. The average Bonchev–Trinajstić information content (AvgIpc) is 2.09. The van der Waals surface area contributed by atoms with E-state index in [1.165, 1.54) is 0 Å². The van der Waals surface area contributed by atoms with Gasteiger partial charge < -0.3 is 25.2 Å². The summed E-state index contributed by atoms with van der Waals surface area (Å²) >= 11 is 0. The molecule has 1 saturated heterocycles. The molecule has 0 amide bonds. The van der Waals surface area contributed by atoms with E-state index in [0.29, 0.717) is 0 Å². The minimum absolute atomic E-state index is 0.546. The summed E-state index contributed by atoms with van der Waals surface area (Å²) in [6.45, 7) is -1.44. The van der Waals surface area contributed by atoms with Crippen LogP contribution < -0.4 is 0 Å². The number of aliphatic hydroxyl groups is 4. The van der Waals surface area contributed by atoms with Crippen molar-refractivity contribution in [2.75, 3.05) is 13.2 Å². The highest BCUT2D eigenvalue weighted by atomic mass is 19.1. The van der Waals surface area contributed by atoms with Gasteiger partial charge in [0.1, 0.15) is 12.2 Å². The fraction of sp³-hybridized carbons (Fsp3) is 1.00. The molecule has 0 spiro atoms. The van der Waals surface area contributed by atoms with Crippen LogP contribution in [0.1, 0.15) is 0 Å². The van der Waals surface area contributed by atoms with Crippen LogP contribution in [-0.2, 0) is 4.74 Å². The number of hydrogen-bond acceptors (Lipinski definition) is 5. The fourth-order valence-corrected chi connectivity index (χ4v) is 1.01. The maximum atomic E-state index is 12.6. The molecule has 4 atom stereocenters. The van der Waals surface area contributed by atoms with Gasteiger partial charge in [-0.1, -0.05) is 0 Å². The lowest BCUT2D eigenvalue weighted by molar-refractivity contribution is -0.324. The van der Waals surface area contributed by atoms with Crippen molar-refractivity contribution in [3.63, 3.8) is 0 Å². The molecule has 5 nitrogen and oxygen atoms in total. The Hall–Kier alpha value is -0.270. The topological polar surface area (TPSA) is 90.2 Å². The maximum absolute atomic E-state index is 12.6. The second-order valence-corrected chi connectivity index (χ2v) is 2.77. The molecule has 0 aromatic heterocycles. The van der Waals surface area contributed by atoms with E-state index in [0.717, 1.165) is 0 Å². The Kier molecular flexibility index (Phi) is 2.64. The van der Waals surface area contributed by atoms with E-state index in [1.807, 2.05) is 0 Å². The van der Waals surface area contributed by atoms with Gasteiger partial charge in [-0.25, -0.2) is 4.39 Å². The van der Waals surface area contributed by atoms with Gasteiger partial charge in [0.05, 0.1) is 13.2 Å². The molecule has 0 aromatic carbocycles. The zero-order valence-corrected chi connectivity index (χ0v) is 6.22. The summed E-state index contributed by atoms with van der Waals surface area (Å²) in [6, 6.07) is 0. The van der Waals surface area contributed by atoms with Crippen molar-refractivity contribution in [2.45, 2.75) is 24.2 Å². The Bertz CT molecular complexity index is 166. The summed E-state index contributed by atoms with van der Waals surface area (Å²) < 4.78 is 17.0. The number of aliphatic hydroxyl groups excluding tert-OH is 3. The van der Waals surface area contributed by atoms with Crippen LogP contribution in [0.4, 0.5) is 4.39 Å². The molecule has 0 aromatic rings. The molecule has 1 unspecified atom stereocenters. The zero-order valence-electron chi connectivity index (χ0n) is 6.22. The quantitative estimate of drug-likeness (QED) is 0.368. The summed E-state index contributed by atoms with van der Waals surface area (Å²) in [7, 11) is 0. The van der Waals surface area contributed by atoms with E-state index in [1.54, 1.807) is 0 Å². The number of hydrogen-bond donors (Lipinski definition) is 4. The summed E-state index contributed by atoms with van der Waals surface area (Å²) in [5, 5.41) is 35.7. The van der Waals surface area contributed by atoms with E-state index < -0.39 is 37.4 Å². The number of alkyl halides is 1. The number of halogens is 1. The second kappa shape index (κ2) is 3.23. The molecular weight excluding hydrogens is 171 g/mol. The zero-order chi connectivity index (χ0) is 9.35. The molecule has 6 heteroatoms. The minimum atomic E-state index is -2.25. The molecule has 12 heavy (non-hydrogen) atoms.